The predicted molar refractivity (Wildman–Crippen MR) is 128 cm³/mol. The van der Waals surface area contributed by atoms with Gasteiger partial charge in [-0.05, 0) is 48.6 Å². The molecule has 1 amide bonds. The number of nitrogens with zero attached hydrogens (tertiary/aromatic N) is 2. The van der Waals surface area contributed by atoms with Gasteiger partial charge in [0.1, 0.15) is 11.1 Å². The van der Waals surface area contributed by atoms with Gasteiger partial charge in [-0.25, -0.2) is 0 Å². The van der Waals surface area contributed by atoms with E-state index in [1.807, 2.05) is 20.8 Å². The first-order chi connectivity index (χ1) is 15.4. The number of benzene rings is 2. The maximum Gasteiger partial charge on any atom is 0.269 e. The Bertz CT molecular complexity index is 1210. The number of hydrogen-bond acceptors (Lipinski definition) is 6. The number of halogens is 2. The van der Waals surface area contributed by atoms with Crippen LogP contribution in [0.4, 0.5) is 17.1 Å². The summed E-state index contributed by atoms with van der Waals surface area (Å²) in [5, 5.41) is 18.7. The minimum atomic E-state index is -1.29. The summed E-state index contributed by atoms with van der Waals surface area (Å²) in [5.74, 6) is -0.728. The molecule has 0 aliphatic heterocycles. The summed E-state index contributed by atoms with van der Waals surface area (Å²) in [5.41, 5.74) is 1.41. The molecular weight excluding hydrogens is 467 g/mol. The lowest BCUT2D eigenvalue weighted by molar-refractivity contribution is -0.384. The molecule has 0 radical (unpaired) electrons. The Morgan fingerprint density at radius 2 is 1.67 bits per heavy atom. The van der Waals surface area contributed by atoms with Crippen LogP contribution in [0.15, 0.2) is 47.6 Å². The van der Waals surface area contributed by atoms with Crippen molar-refractivity contribution in [2.24, 2.45) is 21.3 Å². The average molecular weight is 489 g/mol. The number of ketones is 1. The second-order valence-electron chi connectivity index (χ2n) is 9.15. The van der Waals surface area contributed by atoms with E-state index in [1.165, 1.54) is 24.3 Å². The van der Waals surface area contributed by atoms with Crippen molar-refractivity contribution >= 4 is 57.7 Å². The number of non-ortho nitro benzene ring substituents is 1. The highest BCUT2D eigenvalue weighted by atomic mass is 35.5. The van der Waals surface area contributed by atoms with Gasteiger partial charge >= 0.3 is 0 Å². The SMILES string of the molecule is CC12CCC(C(=O)Nc3ccc(Cl)c(Cl)c3)(C(=O)/C1=N\Nc1ccc([N+](=O)[O-])cc1)C2(C)C. The van der Waals surface area contributed by atoms with Gasteiger partial charge in [0.25, 0.3) is 5.69 Å². The molecule has 2 N–H and O–H groups in total. The van der Waals surface area contributed by atoms with Crippen molar-refractivity contribution in [2.75, 3.05) is 10.7 Å². The first-order valence-electron chi connectivity index (χ1n) is 10.3. The summed E-state index contributed by atoms with van der Waals surface area (Å²) in [4.78, 5) is 37.5. The molecule has 0 aromatic heterocycles. The van der Waals surface area contributed by atoms with Crippen LogP contribution in [0, 0.1) is 26.4 Å². The van der Waals surface area contributed by atoms with E-state index >= 15 is 0 Å². The molecule has 0 spiro atoms. The smallest absolute Gasteiger partial charge is 0.269 e. The number of hydrogen-bond donors (Lipinski definition) is 2. The highest BCUT2D eigenvalue weighted by Gasteiger charge is 2.76. The molecule has 2 aromatic rings. The van der Waals surface area contributed by atoms with Gasteiger partial charge in [0.2, 0.25) is 5.91 Å². The number of rotatable bonds is 5. The molecule has 172 valence electrons. The number of carbonyl (C=O) groups excluding carboxylic acids is 2. The van der Waals surface area contributed by atoms with E-state index in [9.17, 15) is 19.7 Å². The summed E-state index contributed by atoms with van der Waals surface area (Å²) in [6.45, 7) is 5.78. The molecule has 2 unspecified atom stereocenters. The molecular formula is C23H22Cl2N4O4. The number of nitro benzene ring substituents is 1. The van der Waals surface area contributed by atoms with Gasteiger partial charge in [-0.15, -0.1) is 0 Å². The number of nitrogens with one attached hydrogen (secondary N) is 2. The molecule has 2 bridgehead atoms. The second-order valence-corrected chi connectivity index (χ2v) is 9.97. The van der Waals surface area contributed by atoms with E-state index in [1.54, 1.807) is 18.2 Å². The van der Waals surface area contributed by atoms with Crippen LogP contribution in [0.3, 0.4) is 0 Å². The van der Waals surface area contributed by atoms with Crippen LogP contribution >= 0.6 is 23.2 Å². The fourth-order valence-electron chi connectivity index (χ4n) is 5.06. The maximum absolute atomic E-state index is 13.7. The quantitative estimate of drug-likeness (QED) is 0.318. The minimum absolute atomic E-state index is 0.0461. The van der Waals surface area contributed by atoms with E-state index in [0.717, 1.165) is 0 Å². The van der Waals surface area contributed by atoms with Gasteiger partial charge in [0.15, 0.2) is 5.78 Å². The number of fused-ring (bicyclic) bond motifs is 2. The number of nitro groups is 1. The molecule has 2 atom stereocenters. The van der Waals surface area contributed by atoms with Crippen molar-refractivity contribution in [3.63, 3.8) is 0 Å². The lowest BCUT2D eigenvalue weighted by atomic mass is 9.64. The zero-order valence-corrected chi connectivity index (χ0v) is 19.8. The van der Waals surface area contributed by atoms with Gasteiger partial charge in [-0.2, -0.15) is 5.10 Å². The summed E-state index contributed by atoms with van der Waals surface area (Å²) in [7, 11) is 0. The molecule has 0 saturated heterocycles. The Hall–Kier alpha value is -2.97. The number of carbonyl (C=O) groups is 2. The lowest BCUT2D eigenvalue weighted by Crippen LogP contribution is -2.47. The molecule has 2 aromatic carbocycles. The third kappa shape index (κ3) is 3.31. The summed E-state index contributed by atoms with van der Waals surface area (Å²) >= 11 is 12.0. The van der Waals surface area contributed by atoms with Crippen LogP contribution in [0.25, 0.3) is 0 Å². The Balaban J connectivity index is 1.65. The largest absolute Gasteiger partial charge is 0.325 e. The van der Waals surface area contributed by atoms with E-state index in [4.69, 9.17) is 23.2 Å². The minimum Gasteiger partial charge on any atom is -0.325 e. The highest BCUT2D eigenvalue weighted by molar-refractivity contribution is 6.51. The predicted octanol–water partition coefficient (Wildman–Crippen LogP) is 5.70. The molecule has 10 heteroatoms. The Morgan fingerprint density at radius 1 is 1.03 bits per heavy atom. The number of amides is 1. The van der Waals surface area contributed by atoms with Gasteiger partial charge in [-0.1, -0.05) is 44.0 Å². The average Bonchev–Trinajstić information content (AvgIpc) is 3.04. The number of anilines is 2. The summed E-state index contributed by atoms with van der Waals surface area (Å²) < 4.78 is 0. The Kier molecular flexibility index (Phi) is 5.49. The lowest BCUT2D eigenvalue weighted by Gasteiger charge is -2.37. The molecule has 2 aliphatic rings. The molecule has 4 rings (SSSR count). The van der Waals surface area contributed by atoms with Crippen LogP contribution in [-0.2, 0) is 9.59 Å². The highest BCUT2D eigenvalue weighted by Crippen LogP contribution is 2.69. The molecule has 8 nitrogen and oxygen atoms in total. The van der Waals surface area contributed by atoms with Crippen LogP contribution in [-0.4, -0.2) is 22.3 Å². The normalized spacial score (nSPS) is 26.5. The van der Waals surface area contributed by atoms with Crippen molar-refractivity contribution in [1.29, 1.82) is 0 Å². The van der Waals surface area contributed by atoms with E-state index in [-0.39, 0.29) is 11.5 Å². The van der Waals surface area contributed by atoms with Crippen LogP contribution in [0.2, 0.25) is 10.0 Å². The third-order valence-electron chi connectivity index (χ3n) is 7.51. The topological polar surface area (TPSA) is 114 Å². The van der Waals surface area contributed by atoms with Crippen molar-refractivity contribution in [3.05, 3.63) is 62.6 Å². The van der Waals surface area contributed by atoms with E-state index in [2.05, 4.69) is 15.8 Å². The standard InChI is InChI=1S/C23H22Cl2N4O4/c1-21(2)22(3)10-11-23(21,20(31)26-14-6-9-16(24)17(25)12-14)19(30)18(22)28-27-13-4-7-15(8-5-13)29(32)33/h4-9,12,27H,10-11H2,1-3H3,(H,26,31)/b28-18+. The van der Waals surface area contributed by atoms with Crippen LogP contribution < -0.4 is 10.7 Å². The summed E-state index contributed by atoms with van der Waals surface area (Å²) in [6, 6.07) is 10.5. The van der Waals surface area contributed by atoms with Crippen molar-refractivity contribution in [1.82, 2.24) is 0 Å². The van der Waals surface area contributed by atoms with Gasteiger partial charge < -0.3 is 5.32 Å². The Morgan fingerprint density at radius 3 is 2.27 bits per heavy atom. The maximum atomic E-state index is 13.7. The molecule has 33 heavy (non-hydrogen) atoms. The van der Waals surface area contributed by atoms with Crippen molar-refractivity contribution in [3.8, 4) is 0 Å². The fraction of sp³-hybridized carbons (Fsp3) is 0.348. The number of Topliss-reactive ketones (excluding diaryl/α,β-unsaturated/α-hetero) is 1. The number of hydrazone groups is 1. The monoisotopic (exact) mass is 488 g/mol. The van der Waals surface area contributed by atoms with Gasteiger partial charge in [-0.3, -0.25) is 25.1 Å². The van der Waals surface area contributed by atoms with Crippen LogP contribution in [0.5, 0.6) is 0 Å². The van der Waals surface area contributed by atoms with E-state index in [0.29, 0.717) is 40.0 Å². The van der Waals surface area contributed by atoms with Gasteiger partial charge in [0, 0.05) is 23.2 Å². The first-order valence-corrected chi connectivity index (χ1v) is 11.1. The summed E-state index contributed by atoms with van der Waals surface area (Å²) in [6.07, 6.45) is 1.01. The first kappa shape index (κ1) is 23.2. The molecule has 2 saturated carbocycles. The molecule has 0 heterocycles. The zero-order chi connectivity index (χ0) is 24.2. The van der Waals surface area contributed by atoms with Crippen LogP contribution in [0.1, 0.15) is 33.6 Å². The Labute approximate surface area is 200 Å². The fourth-order valence-corrected chi connectivity index (χ4v) is 5.36. The second kappa shape index (κ2) is 7.81. The molecule has 2 aliphatic carbocycles. The third-order valence-corrected chi connectivity index (χ3v) is 8.25. The van der Waals surface area contributed by atoms with E-state index < -0.39 is 27.1 Å². The van der Waals surface area contributed by atoms with Crippen molar-refractivity contribution < 1.29 is 14.5 Å². The van der Waals surface area contributed by atoms with Gasteiger partial charge in [0.05, 0.1) is 20.7 Å². The molecule has 2 fully saturated rings. The van der Waals surface area contributed by atoms with Crippen molar-refractivity contribution in [2.45, 2.75) is 33.6 Å². The zero-order valence-electron chi connectivity index (χ0n) is 18.2.